The summed E-state index contributed by atoms with van der Waals surface area (Å²) in [5.74, 6) is -0.320. The molecule has 0 aromatic heterocycles. The zero-order valence-electron chi connectivity index (χ0n) is 9.53. The summed E-state index contributed by atoms with van der Waals surface area (Å²) >= 11 is 0. The number of hydrogen-bond acceptors (Lipinski definition) is 4. The first-order valence-electron chi connectivity index (χ1n) is 5.42. The highest BCUT2D eigenvalue weighted by molar-refractivity contribution is 5.81. The SMILES string of the molecule is COC(=O)/C=C/NCC1CCCCN1C. The topological polar surface area (TPSA) is 41.6 Å². The molecule has 1 heterocycles. The van der Waals surface area contributed by atoms with E-state index >= 15 is 0 Å². The summed E-state index contributed by atoms with van der Waals surface area (Å²) in [7, 11) is 3.52. The smallest absolute Gasteiger partial charge is 0.331 e. The first kappa shape index (κ1) is 12.0. The molecule has 0 aromatic carbocycles. The van der Waals surface area contributed by atoms with Gasteiger partial charge >= 0.3 is 5.97 Å². The second-order valence-electron chi connectivity index (χ2n) is 3.89. The van der Waals surface area contributed by atoms with E-state index in [1.807, 2.05) is 0 Å². The van der Waals surface area contributed by atoms with Gasteiger partial charge < -0.3 is 15.0 Å². The molecule has 1 fully saturated rings. The van der Waals surface area contributed by atoms with Gasteiger partial charge in [0.05, 0.1) is 7.11 Å². The quantitative estimate of drug-likeness (QED) is 0.551. The van der Waals surface area contributed by atoms with E-state index in [0.717, 1.165) is 6.54 Å². The summed E-state index contributed by atoms with van der Waals surface area (Å²) in [5, 5.41) is 3.13. The molecule has 4 nitrogen and oxygen atoms in total. The summed E-state index contributed by atoms with van der Waals surface area (Å²) in [5.41, 5.74) is 0. The van der Waals surface area contributed by atoms with Gasteiger partial charge in [0, 0.05) is 24.9 Å². The van der Waals surface area contributed by atoms with Crippen molar-refractivity contribution >= 4 is 5.97 Å². The van der Waals surface area contributed by atoms with Crippen LogP contribution in [0.2, 0.25) is 0 Å². The Morgan fingerprint density at radius 1 is 1.60 bits per heavy atom. The third-order valence-electron chi connectivity index (χ3n) is 2.81. The van der Waals surface area contributed by atoms with Gasteiger partial charge in [-0.15, -0.1) is 0 Å². The fourth-order valence-corrected chi connectivity index (χ4v) is 1.80. The number of nitrogens with one attached hydrogen (secondary N) is 1. The standard InChI is InChI=1S/C11H20N2O2/c1-13-8-4-3-5-10(13)9-12-7-6-11(14)15-2/h6-7,10,12H,3-5,8-9H2,1-2H3/b7-6+. The third kappa shape index (κ3) is 4.34. The predicted octanol–water partition coefficient (Wildman–Crippen LogP) is 0.747. The number of carbonyl (C=O) groups is 1. The van der Waals surface area contributed by atoms with Crippen molar-refractivity contribution in [2.75, 3.05) is 27.2 Å². The van der Waals surface area contributed by atoms with Crippen molar-refractivity contribution in [2.24, 2.45) is 0 Å². The monoisotopic (exact) mass is 212 g/mol. The molecule has 1 unspecified atom stereocenters. The summed E-state index contributed by atoms with van der Waals surface area (Å²) in [6.45, 7) is 2.07. The minimum absolute atomic E-state index is 0.320. The maximum absolute atomic E-state index is 10.8. The Labute approximate surface area is 91.3 Å². The van der Waals surface area contributed by atoms with E-state index < -0.39 is 0 Å². The van der Waals surface area contributed by atoms with E-state index in [2.05, 4.69) is 22.0 Å². The molecule has 1 rings (SSSR count). The van der Waals surface area contributed by atoms with Crippen molar-refractivity contribution in [3.05, 3.63) is 12.3 Å². The molecule has 1 aliphatic heterocycles. The van der Waals surface area contributed by atoms with Gasteiger partial charge in [0.1, 0.15) is 0 Å². The van der Waals surface area contributed by atoms with Crippen molar-refractivity contribution in [3.63, 3.8) is 0 Å². The van der Waals surface area contributed by atoms with Crippen LogP contribution in [-0.4, -0.2) is 44.2 Å². The number of nitrogens with zero attached hydrogens (tertiary/aromatic N) is 1. The normalized spacial score (nSPS) is 22.9. The zero-order chi connectivity index (χ0) is 11.1. The van der Waals surface area contributed by atoms with Crippen LogP contribution < -0.4 is 5.32 Å². The number of hydrogen-bond donors (Lipinski definition) is 1. The second kappa shape index (κ2) is 6.45. The largest absolute Gasteiger partial charge is 0.466 e. The van der Waals surface area contributed by atoms with E-state index in [1.165, 1.54) is 39.0 Å². The number of piperidine rings is 1. The number of ether oxygens (including phenoxy) is 1. The molecule has 0 spiro atoms. The molecule has 0 saturated carbocycles. The fraction of sp³-hybridized carbons (Fsp3) is 0.727. The van der Waals surface area contributed by atoms with Crippen LogP contribution in [0.4, 0.5) is 0 Å². The van der Waals surface area contributed by atoms with Crippen molar-refractivity contribution in [3.8, 4) is 0 Å². The number of methoxy groups -OCH3 is 1. The molecule has 15 heavy (non-hydrogen) atoms. The lowest BCUT2D eigenvalue weighted by Gasteiger charge is -2.32. The summed E-state index contributed by atoms with van der Waals surface area (Å²) in [4.78, 5) is 13.1. The maximum atomic E-state index is 10.8. The molecule has 1 saturated heterocycles. The van der Waals surface area contributed by atoms with Crippen LogP contribution in [0.5, 0.6) is 0 Å². The lowest BCUT2D eigenvalue weighted by molar-refractivity contribution is -0.134. The molecule has 1 atom stereocenters. The first-order chi connectivity index (χ1) is 7.24. The van der Waals surface area contributed by atoms with Gasteiger partial charge in [0.15, 0.2) is 0 Å². The summed E-state index contributed by atoms with van der Waals surface area (Å²) in [6.07, 6.45) is 6.90. The molecule has 0 aliphatic carbocycles. The van der Waals surface area contributed by atoms with Crippen molar-refractivity contribution in [1.29, 1.82) is 0 Å². The van der Waals surface area contributed by atoms with Crippen LogP contribution in [-0.2, 0) is 9.53 Å². The van der Waals surface area contributed by atoms with Crippen LogP contribution >= 0.6 is 0 Å². The predicted molar refractivity (Wildman–Crippen MR) is 59.4 cm³/mol. The van der Waals surface area contributed by atoms with E-state index in [9.17, 15) is 4.79 Å². The number of likely N-dealkylation sites (N-methyl/N-ethyl adjacent to an activating group) is 1. The highest BCUT2D eigenvalue weighted by atomic mass is 16.5. The van der Waals surface area contributed by atoms with Crippen LogP contribution in [0.1, 0.15) is 19.3 Å². The number of carbonyl (C=O) groups excluding carboxylic acids is 1. The van der Waals surface area contributed by atoms with Crippen LogP contribution in [0, 0.1) is 0 Å². The van der Waals surface area contributed by atoms with Crippen molar-refractivity contribution < 1.29 is 9.53 Å². The number of likely N-dealkylation sites (tertiary alicyclic amines) is 1. The van der Waals surface area contributed by atoms with E-state index in [4.69, 9.17) is 0 Å². The fourth-order valence-electron chi connectivity index (χ4n) is 1.80. The molecule has 1 aliphatic rings. The van der Waals surface area contributed by atoms with Gasteiger partial charge in [0.2, 0.25) is 0 Å². The molecular formula is C11H20N2O2. The first-order valence-corrected chi connectivity index (χ1v) is 5.42. The molecule has 0 bridgehead atoms. The number of rotatable bonds is 4. The average molecular weight is 212 g/mol. The zero-order valence-corrected chi connectivity index (χ0v) is 9.53. The van der Waals surface area contributed by atoms with Crippen LogP contribution in [0.15, 0.2) is 12.3 Å². The van der Waals surface area contributed by atoms with Crippen molar-refractivity contribution in [2.45, 2.75) is 25.3 Å². The van der Waals surface area contributed by atoms with Crippen molar-refractivity contribution in [1.82, 2.24) is 10.2 Å². The Balaban J connectivity index is 2.18. The Hall–Kier alpha value is -1.03. The molecular weight excluding hydrogens is 192 g/mol. The Morgan fingerprint density at radius 2 is 2.40 bits per heavy atom. The van der Waals surface area contributed by atoms with Gasteiger partial charge in [-0.25, -0.2) is 4.79 Å². The Kier molecular flexibility index (Phi) is 5.18. The van der Waals surface area contributed by atoms with E-state index in [-0.39, 0.29) is 5.97 Å². The van der Waals surface area contributed by atoms with Gasteiger partial charge in [-0.3, -0.25) is 0 Å². The van der Waals surface area contributed by atoms with Crippen LogP contribution in [0.25, 0.3) is 0 Å². The van der Waals surface area contributed by atoms with E-state index in [1.54, 1.807) is 6.20 Å². The van der Waals surface area contributed by atoms with Gasteiger partial charge in [-0.1, -0.05) is 6.42 Å². The minimum atomic E-state index is -0.320. The third-order valence-corrected chi connectivity index (χ3v) is 2.81. The minimum Gasteiger partial charge on any atom is -0.466 e. The molecule has 1 N–H and O–H groups in total. The average Bonchev–Trinajstić information content (AvgIpc) is 2.26. The summed E-state index contributed by atoms with van der Waals surface area (Å²) < 4.78 is 4.49. The second-order valence-corrected chi connectivity index (χ2v) is 3.89. The van der Waals surface area contributed by atoms with Gasteiger partial charge in [0.25, 0.3) is 0 Å². The lowest BCUT2D eigenvalue weighted by atomic mass is 10.0. The molecule has 0 amide bonds. The maximum Gasteiger partial charge on any atom is 0.331 e. The molecule has 86 valence electrons. The molecule has 0 aromatic rings. The Morgan fingerprint density at radius 3 is 3.07 bits per heavy atom. The lowest BCUT2D eigenvalue weighted by Crippen LogP contribution is -2.41. The molecule has 0 radical (unpaired) electrons. The van der Waals surface area contributed by atoms with Gasteiger partial charge in [-0.05, 0) is 26.4 Å². The van der Waals surface area contributed by atoms with Crippen LogP contribution in [0.3, 0.4) is 0 Å². The summed E-state index contributed by atoms with van der Waals surface area (Å²) in [6, 6.07) is 0.584. The Bertz CT molecular complexity index is 229. The molecule has 4 heteroatoms. The number of esters is 1. The van der Waals surface area contributed by atoms with Gasteiger partial charge in [-0.2, -0.15) is 0 Å². The highest BCUT2D eigenvalue weighted by Crippen LogP contribution is 2.13. The van der Waals surface area contributed by atoms with E-state index in [0.29, 0.717) is 6.04 Å². The highest BCUT2D eigenvalue weighted by Gasteiger charge is 2.17.